The van der Waals surface area contributed by atoms with Crippen LogP contribution in [0, 0.1) is 45.3 Å². The van der Waals surface area contributed by atoms with Crippen molar-refractivity contribution in [3.8, 4) is 0 Å². The fourth-order valence-electron chi connectivity index (χ4n) is 9.46. The molecule has 0 aliphatic heterocycles. The zero-order valence-corrected chi connectivity index (χ0v) is 25.2. The highest BCUT2D eigenvalue weighted by Crippen LogP contribution is 2.72. The van der Waals surface area contributed by atoms with E-state index in [0.29, 0.717) is 25.7 Å². The summed E-state index contributed by atoms with van der Waals surface area (Å²) < 4.78 is 5.74. The number of ether oxygens (including phenoxy) is 1. The van der Waals surface area contributed by atoms with E-state index in [9.17, 15) is 24.9 Å². The number of carbonyl (C=O) groups excluding carboxylic acids is 1. The van der Waals surface area contributed by atoms with Crippen LogP contribution >= 0.6 is 0 Å². The fraction of sp³-hybridized carbons (Fsp3) is 0.758. The van der Waals surface area contributed by atoms with Crippen LogP contribution < -0.4 is 0 Å². The van der Waals surface area contributed by atoms with Gasteiger partial charge in [0, 0.05) is 29.6 Å². The largest absolute Gasteiger partial charge is 0.481 e. The number of hydrogen-bond donors (Lipinski definition) is 3. The van der Waals surface area contributed by atoms with Crippen molar-refractivity contribution in [2.45, 2.75) is 112 Å². The second-order valence-electron chi connectivity index (χ2n) is 14.6. The minimum absolute atomic E-state index is 0.137. The molecule has 0 bridgehead atoms. The summed E-state index contributed by atoms with van der Waals surface area (Å²) in [7, 11) is 0. The van der Waals surface area contributed by atoms with E-state index in [1.807, 2.05) is 6.08 Å². The molecule has 2 fully saturated rings. The Morgan fingerprint density at radius 1 is 1.13 bits per heavy atom. The normalized spacial score (nSPS) is 41.5. The highest BCUT2D eigenvalue weighted by molar-refractivity contribution is 5.71. The summed E-state index contributed by atoms with van der Waals surface area (Å²) in [5.41, 5.74) is 1.62. The van der Waals surface area contributed by atoms with Gasteiger partial charge >= 0.3 is 11.9 Å². The Hall–Kier alpha value is -1.92. The molecule has 0 heterocycles. The summed E-state index contributed by atoms with van der Waals surface area (Å²) in [5.74, 6) is -2.08. The lowest BCUT2D eigenvalue weighted by Gasteiger charge is -2.62. The zero-order chi connectivity index (χ0) is 29.3. The topological polar surface area (TPSA) is 104 Å². The number of fused-ring (bicyclic) bond motifs is 5. The molecule has 0 spiro atoms. The molecular formula is C33H50O6. The fourth-order valence-corrected chi connectivity index (χ4v) is 9.46. The maximum Gasteiger partial charge on any atom is 0.306 e. The third kappa shape index (κ3) is 4.45. The molecule has 4 aliphatic rings. The van der Waals surface area contributed by atoms with Crippen molar-refractivity contribution >= 4 is 11.9 Å². The number of carbonyl (C=O) groups is 2. The van der Waals surface area contributed by atoms with Crippen molar-refractivity contribution in [1.29, 1.82) is 0 Å². The monoisotopic (exact) mass is 542 g/mol. The molecule has 0 amide bonds. The number of aliphatic carboxylic acids is 1. The van der Waals surface area contributed by atoms with Crippen LogP contribution in [0.15, 0.2) is 35.5 Å². The Bertz CT molecular complexity index is 1100. The van der Waals surface area contributed by atoms with Gasteiger partial charge in [0.15, 0.2) is 0 Å². The van der Waals surface area contributed by atoms with Gasteiger partial charge in [0.2, 0.25) is 0 Å². The number of carboxylic acids is 1. The van der Waals surface area contributed by atoms with Crippen LogP contribution in [0.1, 0.15) is 93.9 Å². The number of aliphatic hydroxyl groups is 2. The van der Waals surface area contributed by atoms with Crippen LogP contribution in [-0.2, 0) is 14.3 Å². The number of allylic oxidation sites excluding steroid dienone is 4. The van der Waals surface area contributed by atoms with E-state index in [4.69, 9.17) is 4.74 Å². The number of esters is 1. The number of aliphatic hydroxyl groups excluding tert-OH is 2. The standard InChI is InChI=1S/C33H50O6/c1-18(2)19(3)10-11-21(29(37)38)27-25(36)17-33(9)23-16-24(35)28-30(5,6)26(39-20(4)34)13-14-31(28,7)22(23)12-15-32(27,33)8/h12,16,18,21,24-28,35-36H,3,10-11,13-15,17H2,1-2,4-9H3,(H,37,38)/t21-,24+,25-,26+,27+,28+,31-,32-,33+/m1/s1. The van der Waals surface area contributed by atoms with E-state index in [-0.39, 0.29) is 29.3 Å². The van der Waals surface area contributed by atoms with Crippen LogP contribution in [-0.4, -0.2) is 45.6 Å². The van der Waals surface area contributed by atoms with E-state index >= 15 is 0 Å². The van der Waals surface area contributed by atoms with E-state index in [2.05, 4.69) is 61.1 Å². The smallest absolute Gasteiger partial charge is 0.306 e. The van der Waals surface area contributed by atoms with Gasteiger partial charge in [-0.25, -0.2) is 0 Å². The number of hydrogen-bond acceptors (Lipinski definition) is 5. The lowest BCUT2D eigenvalue weighted by atomic mass is 9.43. The molecule has 4 aliphatic carbocycles. The Labute approximate surface area is 234 Å². The maximum atomic E-state index is 12.6. The average Bonchev–Trinajstić information content (AvgIpc) is 3.01. The van der Waals surface area contributed by atoms with Gasteiger partial charge in [0.05, 0.1) is 18.1 Å². The number of rotatable bonds is 7. The van der Waals surface area contributed by atoms with Gasteiger partial charge in [-0.2, -0.15) is 0 Å². The minimum Gasteiger partial charge on any atom is -0.481 e. The molecule has 0 aromatic heterocycles. The Morgan fingerprint density at radius 3 is 2.33 bits per heavy atom. The second kappa shape index (κ2) is 9.87. The quantitative estimate of drug-likeness (QED) is 0.266. The molecule has 0 unspecified atom stereocenters. The minimum atomic E-state index is -0.855. The molecule has 9 atom stereocenters. The van der Waals surface area contributed by atoms with Crippen molar-refractivity contribution in [3.05, 3.63) is 35.5 Å². The van der Waals surface area contributed by atoms with Gasteiger partial charge in [-0.1, -0.05) is 72.8 Å². The van der Waals surface area contributed by atoms with Crippen LogP contribution in [0.4, 0.5) is 0 Å². The summed E-state index contributed by atoms with van der Waals surface area (Å²) in [5, 5.41) is 33.6. The second-order valence-corrected chi connectivity index (χ2v) is 14.6. The van der Waals surface area contributed by atoms with Gasteiger partial charge in [0.1, 0.15) is 6.10 Å². The van der Waals surface area contributed by atoms with Crippen LogP contribution in [0.5, 0.6) is 0 Å². The Morgan fingerprint density at radius 2 is 1.77 bits per heavy atom. The zero-order valence-electron chi connectivity index (χ0n) is 25.2. The van der Waals surface area contributed by atoms with Crippen LogP contribution in [0.25, 0.3) is 0 Å². The SMILES string of the molecule is C=C(CC[C@@H](C(=O)O)[C@H]1[C@H](O)C[C@@]2(C)C3=C[C@H](O)[C@H]4C(C)(C)[C@@H](OC(C)=O)CC[C@]4(C)C3=CC[C@]12C)C(C)C. The lowest BCUT2D eigenvalue weighted by Crippen LogP contribution is -2.59. The maximum absolute atomic E-state index is 12.6. The average molecular weight is 543 g/mol. The molecule has 3 N–H and O–H groups in total. The summed E-state index contributed by atoms with van der Waals surface area (Å²) in [6.07, 6.45) is 6.26. The van der Waals surface area contributed by atoms with Crippen molar-refractivity contribution in [2.75, 3.05) is 0 Å². The molecule has 0 aromatic rings. The Kier molecular flexibility index (Phi) is 7.60. The first-order valence-electron chi connectivity index (χ1n) is 14.8. The molecule has 4 rings (SSSR count). The number of carboxylic acid groups (broad SMARTS) is 1. The van der Waals surface area contributed by atoms with Crippen molar-refractivity contribution in [3.63, 3.8) is 0 Å². The van der Waals surface area contributed by atoms with E-state index in [1.165, 1.54) is 12.5 Å². The van der Waals surface area contributed by atoms with Gasteiger partial charge in [-0.3, -0.25) is 9.59 Å². The first kappa shape index (κ1) is 30.0. The summed E-state index contributed by atoms with van der Waals surface area (Å²) >= 11 is 0. The van der Waals surface area contributed by atoms with Gasteiger partial charge in [0.25, 0.3) is 0 Å². The molecule has 6 nitrogen and oxygen atoms in total. The third-order valence-corrected chi connectivity index (χ3v) is 11.8. The molecule has 0 saturated heterocycles. The predicted octanol–water partition coefficient (Wildman–Crippen LogP) is 6.08. The highest BCUT2D eigenvalue weighted by atomic mass is 16.5. The first-order valence-corrected chi connectivity index (χ1v) is 14.8. The molecule has 0 radical (unpaired) electrons. The van der Waals surface area contributed by atoms with Crippen molar-refractivity contribution < 1.29 is 29.6 Å². The van der Waals surface area contributed by atoms with Gasteiger partial charge in [-0.05, 0) is 66.4 Å². The van der Waals surface area contributed by atoms with Gasteiger partial charge in [-0.15, -0.1) is 0 Å². The third-order valence-electron chi connectivity index (χ3n) is 11.8. The van der Waals surface area contributed by atoms with E-state index < -0.39 is 46.3 Å². The Balaban J connectivity index is 1.75. The van der Waals surface area contributed by atoms with Crippen molar-refractivity contribution in [1.82, 2.24) is 0 Å². The molecule has 6 heteroatoms. The van der Waals surface area contributed by atoms with Gasteiger partial charge < -0.3 is 20.1 Å². The van der Waals surface area contributed by atoms with Crippen LogP contribution in [0.3, 0.4) is 0 Å². The first-order chi connectivity index (χ1) is 17.9. The molecule has 0 aromatic carbocycles. The molecule has 39 heavy (non-hydrogen) atoms. The predicted molar refractivity (Wildman–Crippen MR) is 152 cm³/mol. The van der Waals surface area contributed by atoms with Crippen LogP contribution in [0.2, 0.25) is 0 Å². The lowest BCUT2D eigenvalue weighted by molar-refractivity contribution is -0.173. The van der Waals surface area contributed by atoms with E-state index in [1.54, 1.807) is 0 Å². The summed E-state index contributed by atoms with van der Waals surface area (Å²) in [6.45, 7) is 20.5. The summed E-state index contributed by atoms with van der Waals surface area (Å²) in [4.78, 5) is 24.5. The molecule has 2 saturated carbocycles. The summed E-state index contributed by atoms with van der Waals surface area (Å²) in [6, 6.07) is 0. The highest BCUT2D eigenvalue weighted by Gasteiger charge is 2.67. The molecular weight excluding hydrogens is 492 g/mol. The molecule has 218 valence electrons. The van der Waals surface area contributed by atoms with E-state index in [0.717, 1.165) is 24.0 Å². The van der Waals surface area contributed by atoms with Crippen molar-refractivity contribution in [2.24, 2.45) is 45.3 Å².